The van der Waals surface area contributed by atoms with Crippen molar-refractivity contribution in [3.8, 4) is 0 Å². The van der Waals surface area contributed by atoms with E-state index in [-0.39, 0.29) is 0 Å². The highest BCUT2D eigenvalue weighted by Gasteiger charge is 2.34. The molecule has 0 saturated carbocycles. The second-order valence-electron chi connectivity index (χ2n) is 3.75. The Bertz CT molecular complexity index is 372. The molecule has 0 amide bonds. The summed E-state index contributed by atoms with van der Waals surface area (Å²) in [6.45, 7) is 1.86. The molecule has 0 unspecified atom stereocenters. The van der Waals surface area contributed by atoms with Gasteiger partial charge in [0.25, 0.3) is 0 Å². The molecule has 1 aliphatic heterocycles. The van der Waals surface area contributed by atoms with Gasteiger partial charge >= 0.3 is 0 Å². The van der Waals surface area contributed by atoms with E-state index in [0.29, 0.717) is 18.8 Å². The van der Waals surface area contributed by atoms with E-state index in [0.717, 1.165) is 18.4 Å². The molecule has 4 heteroatoms. The Labute approximate surface area is 94.6 Å². The molecular weight excluding hydrogens is 206 g/mol. The summed E-state index contributed by atoms with van der Waals surface area (Å²) in [5.74, 6) is 0. The summed E-state index contributed by atoms with van der Waals surface area (Å²) in [4.78, 5) is 10.7. The lowest BCUT2D eigenvalue weighted by Crippen LogP contribution is -2.53. The molecule has 1 saturated heterocycles. The predicted molar refractivity (Wildman–Crippen MR) is 59.3 cm³/mol. The van der Waals surface area contributed by atoms with Crippen molar-refractivity contribution in [3.63, 3.8) is 0 Å². The highest BCUT2D eigenvalue weighted by atomic mass is 16.6. The first-order valence-electron chi connectivity index (χ1n) is 5.24. The maximum Gasteiger partial charge on any atom is 0.168 e. The van der Waals surface area contributed by atoms with Crippen LogP contribution in [0, 0.1) is 0 Å². The largest absolute Gasteiger partial charge is 0.375 e. The third-order valence-corrected chi connectivity index (χ3v) is 2.80. The van der Waals surface area contributed by atoms with Gasteiger partial charge in [0, 0.05) is 24.8 Å². The topological polar surface area (TPSA) is 47.6 Å². The molecule has 0 spiro atoms. The Kier molecular flexibility index (Phi) is 3.33. The average Bonchev–Trinajstić information content (AvgIpc) is 2.39. The molecule has 1 fully saturated rings. The van der Waals surface area contributed by atoms with Crippen molar-refractivity contribution in [1.29, 1.82) is 0 Å². The van der Waals surface area contributed by atoms with E-state index in [1.165, 1.54) is 0 Å². The van der Waals surface area contributed by atoms with Gasteiger partial charge in [0.1, 0.15) is 6.29 Å². The Morgan fingerprint density at radius 1 is 1.56 bits per heavy atom. The van der Waals surface area contributed by atoms with Crippen LogP contribution in [0.2, 0.25) is 0 Å². The van der Waals surface area contributed by atoms with Gasteiger partial charge in [-0.1, -0.05) is 18.2 Å². The van der Waals surface area contributed by atoms with Gasteiger partial charge in [0.2, 0.25) is 0 Å². The predicted octanol–water partition coefficient (Wildman–Crippen LogP) is 0.918. The quantitative estimate of drug-likeness (QED) is 0.771. The van der Waals surface area contributed by atoms with Crippen molar-refractivity contribution >= 4 is 6.29 Å². The first kappa shape index (κ1) is 11.3. The number of rotatable bonds is 3. The fraction of sp³-hybridized carbons (Fsp3) is 0.417. The van der Waals surface area contributed by atoms with Gasteiger partial charge in [-0.25, -0.2) is 0 Å². The monoisotopic (exact) mass is 221 g/mol. The number of aldehydes is 1. The summed E-state index contributed by atoms with van der Waals surface area (Å²) in [5, 5.41) is 3.29. The molecule has 2 rings (SSSR count). The van der Waals surface area contributed by atoms with Gasteiger partial charge in [-0.05, 0) is 6.07 Å². The number of morpholine rings is 1. The van der Waals surface area contributed by atoms with Gasteiger partial charge in [0.05, 0.1) is 13.2 Å². The van der Waals surface area contributed by atoms with Crippen molar-refractivity contribution in [3.05, 3.63) is 35.4 Å². The highest BCUT2D eigenvalue weighted by Crippen LogP contribution is 2.25. The lowest BCUT2D eigenvalue weighted by atomic mass is 10.0. The number of methoxy groups -OCH3 is 1. The molecular formula is C12H15NO3. The molecule has 1 N–H and O–H groups in total. The third kappa shape index (κ3) is 2.00. The van der Waals surface area contributed by atoms with Crippen molar-refractivity contribution in [2.45, 2.75) is 5.72 Å². The van der Waals surface area contributed by atoms with Crippen molar-refractivity contribution in [2.75, 3.05) is 26.9 Å². The normalized spacial score (nSPS) is 25.3. The van der Waals surface area contributed by atoms with E-state index < -0.39 is 5.72 Å². The number of hydrogen-bond acceptors (Lipinski definition) is 4. The summed E-state index contributed by atoms with van der Waals surface area (Å²) in [5.41, 5.74) is 0.928. The number of benzene rings is 1. The van der Waals surface area contributed by atoms with Crippen LogP contribution in [0.25, 0.3) is 0 Å². The molecule has 0 bridgehead atoms. The lowest BCUT2D eigenvalue weighted by molar-refractivity contribution is -0.130. The summed E-state index contributed by atoms with van der Waals surface area (Å²) in [6, 6.07) is 7.36. The molecule has 1 heterocycles. The van der Waals surface area contributed by atoms with Gasteiger partial charge in [0.15, 0.2) is 5.72 Å². The smallest absolute Gasteiger partial charge is 0.168 e. The molecule has 16 heavy (non-hydrogen) atoms. The average molecular weight is 221 g/mol. The van der Waals surface area contributed by atoms with E-state index in [2.05, 4.69) is 5.32 Å². The van der Waals surface area contributed by atoms with Crippen LogP contribution >= 0.6 is 0 Å². The van der Waals surface area contributed by atoms with E-state index in [9.17, 15) is 4.79 Å². The number of ether oxygens (including phenoxy) is 2. The minimum atomic E-state index is -0.628. The summed E-state index contributed by atoms with van der Waals surface area (Å²) in [7, 11) is 1.63. The summed E-state index contributed by atoms with van der Waals surface area (Å²) in [6.07, 6.45) is 0.830. The van der Waals surface area contributed by atoms with E-state index in [1.807, 2.05) is 18.2 Å². The van der Waals surface area contributed by atoms with Gasteiger partial charge < -0.3 is 9.47 Å². The van der Waals surface area contributed by atoms with Crippen LogP contribution in [0.15, 0.2) is 24.3 Å². The molecule has 1 aromatic rings. The highest BCUT2D eigenvalue weighted by molar-refractivity contribution is 5.75. The third-order valence-electron chi connectivity index (χ3n) is 2.80. The number of carbonyl (C=O) groups is 1. The second kappa shape index (κ2) is 4.74. The SMILES string of the molecule is CO[C@]1(c2cccc(C=O)c2)COCCN1. The zero-order valence-electron chi connectivity index (χ0n) is 9.23. The van der Waals surface area contributed by atoms with Crippen LogP contribution in [0.5, 0.6) is 0 Å². The second-order valence-corrected chi connectivity index (χ2v) is 3.75. The van der Waals surface area contributed by atoms with Gasteiger partial charge in [-0.2, -0.15) is 0 Å². The standard InChI is InChI=1S/C12H15NO3/c1-15-12(9-16-6-5-13-12)11-4-2-3-10(7-11)8-14/h2-4,7-8,13H,5-6,9H2,1H3/t12-/m0/s1. The molecule has 0 aliphatic carbocycles. The van der Waals surface area contributed by atoms with E-state index >= 15 is 0 Å². The minimum Gasteiger partial charge on any atom is -0.375 e. The molecule has 0 aromatic heterocycles. The molecule has 1 atom stereocenters. The summed E-state index contributed by atoms with van der Waals surface area (Å²) >= 11 is 0. The Morgan fingerprint density at radius 2 is 2.44 bits per heavy atom. The zero-order valence-corrected chi connectivity index (χ0v) is 9.23. The van der Waals surface area contributed by atoms with Crippen LogP contribution in [-0.4, -0.2) is 33.2 Å². The maximum atomic E-state index is 10.7. The number of nitrogens with one attached hydrogen (secondary N) is 1. The molecule has 1 aromatic carbocycles. The first-order valence-corrected chi connectivity index (χ1v) is 5.24. The fourth-order valence-corrected chi connectivity index (χ4v) is 1.89. The maximum absolute atomic E-state index is 10.7. The Balaban J connectivity index is 2.34. The lowest BCUT2D eigenvalue weighted by Gasteiger charge is -2.37. The zero-order chi connectivity index (χ0) is 11.4. The molecule has 4 nitrogen and oxygen atoms in total. The Morgan fingerprint density at radius 3 is 3.06 bits per heavy atom. The van der Waals surface area contributed by atoms with Crippen LogP contribution < -0.4 is 5.32 Å². The molecule has 1 aliphatic rings. The number of carbonyl (C=O) groups excluding carboxylic acids is 1. The number of hydrogen-bond donors (Lipinski definition) is 1. The van der Waals surface area contributed by atoms with E-state index in [1.54, 1.807) is 13.2 Å². The first-order chi connectivity index (χ1) is 7.80. The van der Waals surface area contributed by atoms with E-state index in [4.69, 9.17) is 9.47 Å². The summed E-state index contributed by atoms with van der Waals surface area (Å²) < 4.78 is 10.9. The van der Waals surface area contributed by atoms with Crippen molar-refractivity contribution < 1.29 is 14.3 Å². The van der Waals surface area contributed by atoms with Crippen LogP contribution in [-0.2, 0) is 15.2 Å². The molecule has 0 radical (unpaired) electrons. The minimum absolute atomic E-state index is 0.450. The van der Waals surface area contributed by atoms with Gasteiger partial charge in [-0.15, -0.1) is 0 Å². The Hall–Kier alpha value is -1.23. The van der Waals surface area contributed by atoms with Crippen LogP contribution in [0.3, 0.4) is 0 Å². The van der Waals surface area contributed by atoms with Crippen molar-refractivity contribution in [1.82, 2.24) is 5.32 Å². The van der Waals surface area contributed by atoms with Crippen molar-refractivity contribution in [2.24, 2.45) is 0 Å². The van der Waals surface area contributed by atoms with Crippen LogP contribution in [0.4, 0.5) is 0 Å². The van der Waals surface area contributed by atoms with Gasteiger partial charge in [-0.3, -0.25) is 10.1 Å². The van der Waals surface area contributed by atoms with Crippen LogP contribution in [0.1, 0.15) is 15.9 Å². The fourth-order valence-electron chi connectivity index (χ4n) is 1.89. The molecule has 86 valence electrons.